The van der Waals surface area contributed by atoms with Crippen LogP contribution < -0.4 is 10.6 Å². The topological polar surface area (TPSA) is 81.8 Å². The molecule has 1 aliphatic heterocycles. The summed E-state index contributed by atoms with van der Waals surface area (Å²) in [7, 11) is 0. The Balaban J connectivity index is 1.77. The molecule has 0 radical (unpaired) electrons. The average molecular weight is 527 g/mol. The predicted molar refractivity (Wildman–Crippen MR) is 154 cm³/mol. The van der Waals surface area contributed by atoms with Crippen molar-refractivity contribution in [2.24, 2.45) is 0 Å². The first-order valence-corrected chi connectivity index (χ1v) is 13.4. The fourth-order valence-corrected chi connectivity index (χ4v) is 5.38. The summed E-state index contributed by atoms with van der Waals surface area (Å²) in [5.74, 6) is -0.590. The number of amides is 4. The molecule has 1 aliphatic rings. The van der Waals surface area contributed by atoms with Crippen molar-refractivity contribution in [2.75, 3.05) is 5.32 Å². The van der Waals surface area contributed by atoms with Gasteiger partial charge in [-0.2, -0.15) is 0 Å². The smallest absolute Gasteiger partial charge is 0.319 e. The van der Waals surface area contributed by atoms with Gasteiger partial charge in [0.05, 0.1) is 11.6 Å². The summed E-state index contributed by atoms with van der Waals surface area (Å²) < 4.78 is 0. The van der Waals surface area contributed by atoms with E-state index in [2.05, 4.69) is 22.8 Å². The van der Waals surface area contributed by atoms with Gasteiger partial charge in [0, 0.05) is 12.6 Å². The third kappa shape index (κ3) is 6.66. The molecule has 0 saturated carbocycles. The third-order valence-electron chi connectivity index (χ3n) is 7.07. The molecule has 0 aromatic heterocycles. The van der Waals surface area contributed by atoms with Crippen molar-refractivity contribution in [3.8, 4) is 0 Å². The van der Waals surface area contributed by atoms with Crippen LogP contribution in [-0.4, -0.2) is 39.4 Å². The number of hydrazine groups is 1. The second-order valence-corrected chi connectivity index (χ2v) is 11.2. The first kappa shape index (κ1) is 27.9. The molecule has 3 aromatic rings. The number of urea groups is 1. The Morgan fingerprint density at radius 2 is 1.41 bits per heavy atom. The Labute approximate surface area is 231 Å². The predicted octanol–water partition coefficient (Wildman–Crippen LogP) is 6.19. The molecule has 1 heterocycles. The van der Waals surface area contributed by atoms with Crippen molar-refractivity contribution in [1.29, 1.82) is 0 Å². The van der Waals surface area contributed by atoms with Gasteiger partial charge in [-0.25, -0.2) is 14.8 Å². The lowest BCUT2D eigenvalue weighted by molar-refractivity contribution is -0.181. The molecule has 1 fully saturated rings. The van der Waals surface area contributed by atoms with E-state index >= 15 is 0 Å². The van der Waals surface area contributed by atoms with Gasteiger partial charge < -0.3 is 10.6 Å². The first-order valence-electron chi connectivity index (χ1n) is 13.4. The normalized spacial score (nSPS) is 19.7. The minimum atomic E-state index is -0.849. The average Bonchev–Trinajstić information content (AvgIpc) is 3.03. The van der Waals surface area contributed by atoms with Crippen molar-refractivity contribution >= 4 is 23.5 Å². The van der Waals surface area contributed by atoms with Crippen molar-refractivity contribution in [3.63, 3.8) is 0 Å². The maximum absolute atomic E-state index is 14.4. The van der Waals surface area contributed by atoms with Crippen LogP contribution >= 0.6 is 0 Å². The number of anilines is 1. The number of rotatable bonds is 5. The highest BCUT2D eigenvalue weighted by atomic mass is 16.2. The number of carbonyl (C=O) groups is 3. The van der Waals surface area contributed by atoms with E-state index in [0.29, 0.717) is 18.5 Å². The van der Waals surface area contributed by atoms with Crippen LogP contribution in [0.2, 0.25) is 0 Å². The lowest BCUT2D eigenvalue weighted by atomic mass is 9.86. The zero-order valence-corrected chi connectivity index (χ0v) is 23.3. The molecule has 0 aliphatic carbocycles. The summed E-state index contributed by atoms with van der Waals surface area (Å²) in [5, 5.41) is 8.93. The van der Waals surface area contributed by atoms with Gasteiger partial charge in [0.1, 0.15) is 6.04 Å². The molecule has 39 heavy (non-hydrogen) atoms. The fraction of sp³-hybridized carbons (Fsp3) is 0.344. The molecule has 4 rings (SSSR count). The van der Waals surface area contributed by atoms with Gasteiger partial charge >= 0.3 is 6.03 Å². The minimum absolute atomic E-state index is 0.0381. The Hall–Kier alpha value is -4.13. The largest absolute Gasteiger partial charge is 0.326 e. The Morgan fingerprint density at radius 3 is 1.95 bits per heavy atom. The van der Waals surface area contributed by atoms with E-state index in [-0.39, 0.29) is 17.7 Å². The molecule has 0 spiro atoms. The number of aryl methyl sites for hydroxylation is 1. The second kappa shape index (κ2) is 11.7. The highest BCUT2D eigenvalue weighted by Crippen LogP contribution is 2.41. The number of hydrogen-bond donors (Lipinski definition) is 2. The lowest BCUT2D eigenvalue weighted by Crippen LogP contribution is -2.61. The Kier molecular flexibility index (Phi) is 8.38. The standard InChI is InChI=1S/C32H38N4O3/c1-22-16-18-27(19-17-22)33-31(39)34-28-20-26(24-12-8-6-9-13-24)21-29(25-14-10-7-11-15-25)35(30(28)38)36(23(2)37)32(3,4)5/h6-19,26,28-29H,20-21H2,1-5H3,(H2,33,34,39). The quantitative estimate of drug-likeness (QED) is 0.416. The van der Waals surface area contributed by atoms with Gasteiger partial charge in [0.25, 0.3) is 5.91 Å². The minimum Gasteiger partial charge on any atom is -0.326 e. The molecule has 204 valence electrons. The van der Waals surface area contributed by atoms with Crippen LogP contribution in [0.15, 0.2) is 84.9 Å². The van der Waals surface area contributed by atoms with E-state index in [1.54, 1.807) is 10.0 Å². The molecule has 4 amide bonds. The molecular weight excluding hydrogens is 488 g/mol. The van der Waals surface area contributed by atoms with Crippen molar-refractivity contribution in [3.05, 3.63) is 102 Å². The highest BCUT2D eigenvalue weighted by molar-refractivity contribution is 5.94. The third-order valence-corrected chi connectivity index (χ3v) is 7.07. The summed E-state index contributed by atoms with van der Waals surface area (Å²) in [4.78, 5) is 40.7. The van der Waals surface area contributed by atoms with Crippen LogP contribution in [0, 0.1) is 6.92 Å². The lowest BCUT2D eigenvalue weighted by Gasteiger charge is -2.47. The maximum atomic E-state index is 14.4. The summed E-state index contributed by atoms with van der Waals surface area (Å²) >= 11 is 0. The summed E-state index contributed by atoms with van der Waals surface area (Å²) in [6, 6.07) is 25.6. The van der Waals surface area contributed by atoms with Gasteiger partial charge in [-0.15, -0.1) is 0 Å². The SMILES string of the molecule is CC(=O)N(N1C(=O)C(NC(=O)Nc2ccc(C)cc2)CC(c2ccccc2)CC1c1ccccc1)C(C)(C)C. The maximum Gasteiger partial charge on any atom is 0.319 e. The van der Waals surface area contributed by atoms with E-state index < -0.39 is 23.7 Å². The van der Waals surface area contributed by atoms with Gasteiger partial charge in [0.15, 0.2) is 0 Å². The molecule has 0 bridgehead atoms. The number of carbonyl (C=O) groups excluding carboxylic acids is 3. The van der Waals surface area contributed by atoms with Crippen molar-refractivity contribution in [1.82, 2.24) is 15.3 Å². The molecule has 3 unspecified atom stereocenters. The van der Waals surface area contributed by atoms with Gasteiger partial charge in [-0.3, -0.25) is 9.59 Å². The number of nitrogens with zero attached hydrogens (tertiary/aromatic N) is 2. The summed E-state index contributed by atoms with van der Waals surface area (Å²) in [6.45, 7) is 9.19. The van der Waals surface area contributed by atoms with Crippen LogP contribution in [0.1, 0.15) is 69.2 Å². The monoisotopic (exact) mass is 526 g/mol. The van der Waals surface area contributed by atoms with E-state index in [1.807, 2.05) is 100 Å². The molecule has 1 saturated heterocycles. The second-order valence-electron chi connectivity index (χ2n) is 11.2. The number of nitrogens with one attached hydrogen (secondary N) is 2. The number of hydrogen-bond acceptors (Lipinski definition) is 3. The summed E-state index contributed by atoms with van der Waals surface area (Å²) in [6.07, 6.45) is 0.997. The highest BCUT2D eigenvalue weighted by Gasteiger charge is 2.45. The molecule has 7 heteroatoms. The summed E-state index contributed by atoms with van der Waals surface area (Å²) in [5.41, 5.74) is 3.07. The Bertz CT molecular complexity index is 1290. The van der Waals surface area contributed by atoms with Gasteiger partial charge in [-0.1, -0.05) is 78.4 Å². The van der Waals surface area contributed by atoms with Crippen LogP contribution in [-0.2, 0) is 9.59 Å². The molecular formula is C32H38N4O3. The van der Waals surface area contributed by atoms with Crippen LogP contribution in [0.4, 0.5) is 10.5 Å². The van der Waals surface area contributed by atoms with Gasteiger partial charge in [-0.05, 0) is 69.7 Å². The van der Waals surface area contributed by atoms with E-state index in [0.717, 1.165) is 16.7 Å². The fourth-order valence-electron chi connectivity index (χ4n) is 5.38. The zero-order valence-electron chi connectivity index (χ0n) is 23.3. The van der Waals surface area contributed by atoms with E-state index in [4.69, 9.17) is 0 Å². The van der Waals surface area contributed by atoms with Gasteiger partial charge in [0.2, 0.25) is 5.91 Å². The van der Waals surface area contributed by atoms with Crippen LogP contribution in [0.5, 0.6) is 0 Å². The first-order chi connectivity index (χ1) is 18.5. The van der Waals surface area contributed by atoms with Crippen LogP contribution in [0.3, 0.4) is 0 Å². The molecule has 2 N–H and O–H groups in total. The molecule has 3 atom stereocenters. The molecule has 3 aromatic carbocycles. The molecule has 7 nitrogen and oxygen atoms in total. The zero-order chi connectivity index (χ0) is 28.2. The van der Waals surface area contributed by atoms with Crippen molar-refractivity contribution < 1.29 is 14.4 Å². The van der Waals surface area contributed by atoms with E-state index in [9.17, 15) is 14.4 Å². The number of benzene rings is 3. The van der Waals surface area contributed by atoms with E-state index in [1.165, 1.54) is 6.92 Å². The van der Waals surface area contributed by atoms with Crippen LogP contribution in [0.25, 0.3) is 0 Å². The van der Waals surface area contributed by atoms with Crippen molar-refractivity contribution in [2.45, 2.75) is 71.0 Å². The Morgan fingerprint density at radius 1 is 0.846 bits per heavy atom.